The van der Waals surface area contributed by atoms with Gasteiger partial charge in [0.1, 0.15) is 11.4 Å². The van der Waals surface area contributed by atoms with Crippen molar-refractivity contribution in [3.05, 3.63) is 11.7 Å². The number of alkyl carbamates (subject to hydrolysis) is 1. The lowest BCUT2D eigenvalue weighted by Gasteiger charge is -2.25. The van der Waals surface area contributed by atoms with Crippen LogP contribution in [0.5, 0.6) is 0 Å². The third-order valence-corrected chi connectivity index (χ3v) is 4.52. The maximum atomic E-state index is 11.4. The highest BCUT2D eigenvalue weighted by molar-refractivity contribution is 5.82. The molecular formula is C15H19N5O3. The Kier molecular flexibility index (Phi) is 3.14. The fraction of sp³-hybridized carbons (Fsp3) is 0.600. The highest BCUT2D eigenvalue weighted by atomic mass is 16.6. The minimum atomic E-state index is -0.382. The molecule has 0 aromatic carbocycles. The number of anilines is 1. The van der Waals surface area contributed by atoms with Gasteiger partial charge in [-0.3, -0.25) is 0 Å². The van der Waals surface area contributed by atoms with Gasteiger partial charge < -0.3 is 19.4 Å². The first-order chi connectivity index (χ1) is 11.0. The van der Waals surface area contributed by atoms with E-state index in [1.54, 1.807) is 0 Å². The van der Waals surface area contributed by atoms with Crippen LogP contribution in [0.15, 0.2) is 4.42 Å². The molecule has 1 amide bonds. The van der Waals surface area contributed by atoms with Gasteiger partial charge in [-0.1, -0.05) is 0 Å². The van der Waals surface area contributed by atoms with E-state index in [9.17, 15) is 4.79 Å². The number of aromatic nitrogens is 3. The molecule has 1 atom stereocenters. The number of carbonyl (C=O) groups excluding carboxylic acids is 1. The van der Waals surface area contributed by atoms with E-state index >= 15 is 0 Å². The van der Waals surface area contributed by atoms with E-state index in [-0.39, 0.29) is 11.7 Å². The lowest BCUT2D eigenvalue weighted by Crippen LogP contribution is -2.35. The number of oxazole rings is 1. The van der Waals surface area contributed by atoms with Crippen LogP contribution in [0.2, 0.25) is 0 Å². The Labute approximate surface area is 133 Å². The average Bonchev–Trinajstić information content (AvgIpc) is 2.96. The minimum Gasteiger partial charge on any atom is -0.441 e. The maximum absolute atomic E-state index is 11.4. The van der Waals surface area contributed by atoms with Crippen molar-refractivity contribution in [2.45, 2.75) is 38.7 Å². The number of hydrogen-bond donors (Lipinski definition) is 1. The number of aryl methyl sites for hydroxylation is 2. The quantitative estimate of drug-likeness (QED) is 0.855. The van der Waals surface area contributed by atoms with Crippen LogP contribution in [-0.2, 0) is 4.74 Å². The van der Waals surface area contributed by atoms with Crippen LogP contribution in [0, 0.1) is 13.8 Å². The van der Waals surface area contributed by atoms with E-state index in [0.29, 0.717) is 29.5 Å². The molecule has 4 heterocycles. The second kappa shape index (κ2) is 5.07. The van der Waals surface area contributed by atoms with Gasteiger partial charge in [0.25, 0.3) is 5.71 Å². The summed E-state index contributed by atoms with van der Waals surface area (Å²) in [7, 11) is 0. The summed E-state index contributed by atoms with van der Waals surface area (Å²) >= 11 is 0. The summed E-state index contributed by atoms with van der Waals surface area (Å²) in [5.41, 5.74) is 0.843. The highest BCUT2D eigenvalue weighted by Crippen LogP contribution is 2.32. The number of rotatable bonds is 1. The average molecular weight is 317 g/mol. The van der Waals surface area contributed by atoms with E-state index in [0.717, 1.165) is 38.2 Å². The molecule has 2 aliphatic rings. The molecule has 1 spiro atoms. The lowest BCUT2D eigenvalue weighted by molar-refractivity contribution is 0.0473. The van der Waals surface area contributed by atoms with E-state index < -0.39 is 0 Å². The first-order valence-corrected chi connectivity index (χ1v) is 7.88. The monoisotopic (exact) mass is 317 g/mol. The molecule has 2 aromatic rings. The molecule has 0 radical (unpaired) electrons. The molecule has 8 heteroatoms. The second-order valence-electron chi connectivity index (χ2n) is 6.25. The van der Waals surface area contributed by atoms with Gasteiger partial charge in [0, 0.05) is 26.4 Å². The summed E-state index contributed by atoms with van der Waals surface area (Å²) < 4.78 is 11.1. The smallest absolute Gasteiger partial charge is 0.407 e. The van der Waals surface area contributed by atoms with Crippen molar-refractivity contribution in [2.24, 2.45) is 0 Å². The SMILES string of the molecule is Cc1nc(N2CCC[C@]3(CC2)CNC(=O)O3)c2nc(C)oc2n1. The van der Waals surface area contributed by atoms with Gasteiger partial charge in [0.05, 0.1) is 6.54 Å². The highest BCUT2D eigenvalue weighted by Gasteiger charge is 2.41. The van der Waals surface area contributed by atoms with Gasteiger partial charge >= 0.3 is 6.09 Å². The Morgan fingerprint density at radius 2 is 2.04 bits per heavy atom. The second-order valence-corrected chi connectivity index (χ2v) is 6.25. The molecule has 4 rings (SSSR count). The van der Waals surface area contributed by atoms with Crippen molar-refractivity contribution in [3.63, 3.8) is 0 Å². The molecular weight excluding hydrogens is 298 g/mol. The molecule has 2 aliphatic heterocycles. The van der Waals surface area contributed by atoms with Crippen LogP contribution >= 0.6 is 0 Å². The summed E-state index contributed by atoms with van der Waals surface area (Å²) in [6.45, 7) is 5.84. The van der Waals surface area contributed by atoms with E-state index in [1.165, 1.54) is 0 Å². The molecule has 2 fully saturated rings. The normalized spacial score (nSPS) is 24.8. The van der Waals surface area contributed by atoms with Crippen LogP contribution in [0.4, 0.5) is 10.6 Å². The molecule has 23 heavy (non-hydrogen) atoms. The van der Waals surface area contributed by atoms with Gasteiger partial charge in [-0.25, -0.2) is 14.8 Å². The Hall–Kier alpha value is -2.38. The minimum absolute atomic E-state index is 0.314. The summed E-state index contributed by atoms with van der Waals surface area (Å²) in [5.74, 6) is 2.05. The molecule has 1 N–H and O–H groups in total. The Balaban J connectivity index is 1.65. The number of nitrogens with zero attached hydrogens (tertiary/aromatic N) is 4. The zero-order chi connectivity index (χ0) is 16.0. The Morgan fingerprint density at radius 1 is 1.17 bits per heavy atom. The van der Waals surface area contributed by atoms with Crippen LogP contribution in [0.25, 0.3) is 11.2 Å². The van der Waals surface area contributed by atoms with E-state index in [2.05, 4.69) is 25.2 Å². The number of nitrogens with one attached hydrogen (secondary N) is 1. The summed E-state index contributed by atoms with van der Waals surface area (Å²) in [6, 6.07) is 0. The van der Waals surface area contributed by atoms with Gasteiger partial charge in [-0.2, -0.15) is 4.98 Å². The fourth-order valence-corrected chi connectivity index (χ4v) is 3.40. The van der Waals surface area contributed by atoms with Crippen LogP contribution < -0.4 is 10.2 Å². The third kappa shape index (κ3) is 2.47. The van der Waals surface area contributed by atoms with E-state index in [4.69, 9.17) is 9.15 Å². The molecule has 0 unspecified atom stereocenters. The molecule has 0 saturated carbocycles. The van der Waals surface area contributed by atoms with Gasteiger partial charge in [0.15, 0.2) is 17.2 Å². The first kappa shape index (κ1) is 14.2. The van der Waals surface area contributed by atoms with Gasteiger partial charge in [0.2, 0.25) is 0 Å². The van der Waals surface area contributed by atoms with Crippen molar-refractivity contribution in [3.8, 4) is 0 Å². The van der Waals surface area contributed by atoms with Crippen molar-refractivity contribution in [1.29, 1.82) is 0 Å². The number of hydrogen-bond acceptors (Lipinski definition) is 7. The predicted molar refractivity (Wildman–Crippen MR) is 82.4 cm³/mol. The number of amides is 1. The molecule has 122 valence electrons. The molecule has 2 aromatic heterocycles. The predicted octanol–water partition coefficient (Wildman–Crippen LogP) is 1.70. The first-order valence-electron chi connectivity index (χ1n) is 7.88. The van der Waals surface area contributed by atoms with Gasteiger partial charge in [-0.05, 0) is 19.8 Å². The summed E-state index contributed by atoms with van der Waals surface area (Å²) in [4.78, 5) is 26.9. The van der Waals surface area contributed by atoms with Crippen LogP contribution in [-0.4, -0.2) is 46.3 Å². The van der Waals surface area contributed by atoms with Crippen molar-refractivity contribution >= 4 is 23.1 Å². The molecule has 8 nitrogen and oxygen atoms in total. The number of carbonyl (C=O) groups is 1. The van der Waals surface area contributed by atoms with Crippen molar-refractivity contribution in [1.82, 2.24) is 20.3 Å². The van der Waals surface area contributed by atoms with Crippen LogP contribution in [0.3, 0.4) is 0 Å². The zero-order valence-corrected chi connectivity index (χ0v) is 13.3. The maximum Gasteiger partial charge on any atom is 0.407 e. The largest absolute Gasteiger partial charge is 0.441 e. The molecule has 0 aliphatic carbocycles. The van der Waals surface area contributed by atoms with Crippen molar-refractivity contribution < 1.29 is 13.9 Å². The molecule has 0 bridgehead atoms. The number of ether oxygens (including phenoxy) is 1. The lowest BCUT2D eigenvalue weighted by atomic mass is 9.95. The summed E-state index contributed by atoms with van der Waals surface area (Å²) in [6.07, 6.45) is 2.24. The zero-order valence-electron chi connectivity index (χ0n) is 13.3. The topological polar surface area (TPSA) is 93.4 Å². The van der Waals surface area contributed by atoms with Gasteiger partial charge in [-0.15, -0.1) is 0 Å². The Morgan fingerprint density at radius 3 is 2.83 bits per heavy atom. The van der Waals surface area contributed by atoms with Crippen LogP contribution in [0.1, 0.15) is 31.0 Å². The third-order valence-electron chi connectivity index (χ3n) is 4.52. The Bertz CT molecular complexity index is 774. The summed E-state index contributed by atoms with van der Waals surface area (Å²) in [5, 5.41) is 2.77. The van der Waals surface area contributed by atoms with Crippen molar-refractivity contribution in [2.75, 3.05) is 24.5 Å². The number of fused-ring (bicyclic) bond motifs is 1. The molecule has 2 saturated heterocycles. The standard InChI is InChI=1S/C15H19N5O3/c1-9-17-12(11-13(18-9)22-10(2)19-11)20-6-3-4-15(5-7-20)8-16-14(21)23-15/h3-8H2,1-2H3,(H,16,21)/t15-/m0/s1. The fourth-order valence-electron chi connectivity index (χ4n) is 3.40. The van der Waals surface area contributed by atoms with E-state index in [1.807, 2.05) is 13.8 Å².